The van der Waals surface area contributed by atoms with Crippen molar-refractivity contribution in [2.45, 2.75) is 51.2 Å². The molecule has 138 valence electrons. The molecule has 2 aromatic rings. The molecule has 0 saturated heterocycles. The molecule has 0 fully saturated rings. The maximum Gasteiger partial charge on any atom is 0.224 e. The summed E-state index contributed by atoms with van der Waals surface area (Å²) in [6.45, 7) is 4.85. The van der Waals surface area contributed by atoms with Gasteiger partial charge < -0.3 is 15.7 Å². The number of β-amino-alcohol motifs (C(OH)–C–C–N with tert-alkyl or cyclic N) is 1. The van der Waals surface area contributed by atoms with E-state index in [-0.39, 0.29) is 11.4 Å². The van der Waals surface area contributed by atoms with Crippen molar-refractivity contribution in [2.24, 2.45) is 0 Å². The third-order valence-electron chi connectivity index (χ3n) is 5.07. The van der Waals surface area contributed by atoms with Gasteiger partial charge in [0.1, 0.15) is 0 Å². The van der Waals surface area contributed by atoms with Crippen LogP contribution >= 0.6 is 0 Å². The molecule has 26 heavy (non-hydrogen) atoms. The van der Waals surface area contributed by atoms with Gasteiger partial charge in [-0.3, -0.25) is 4.79 Å². The number of rotatable bonds is 7. The van der Waals surface area contributed by atoms with Gasteiger partial charge in [-0.25, -0.2) is 0 Å². The van der Waals surface area contributed by atoms with Crippen LogP contribution in [0.3, 0.4) is 0 Å². The van der Waals surface area contributed by atoms with E-state index >= 15 is 0 Å². The summed E-state index contributed by atoms with van der Waals surface area (Å²) >= 11 is 0. The molecule has 1 aliphatic rings. The minimum atomic E-state index is -0.561. The number of carbonyl (C=O) groups excluding carboxylic acids is 1. The molecule has 0 radical (unpaired) electrons. The first kappa shape index (κ1) is 18.6. The lowest BCUT2D eigenvalue weighted by Crippen LogP contribution is -2.42. The minimum Gasteiger partial charge on any atom is -0.387 e. The SMILES string of the molecule is CC(C)(CCc1ccccc1)NC[C@H](O)c1ccc2c(c1)CCC(=O)N2. The van der Waals surface area contributed by atoms with Crippen LogP contribution < -0.4 is 10.6 Å². The average molecular weight is 352 g/mol. The molecule has 0 aromatic heterocycles. The molecule has 0 aliphatic carbocycles. The highest BCUT2D eigenvalue weighted by Crippen LogP contribution is 2.26. The fourth-order valence-corrected chi connectivity index (χ4v) is 3.29. The number of aliphatic hydroxyl groups is 1. The topological polar surface area (TPSA) is 61.4 Å². The van der Waals surface area contributed by atoms with Crippen molar-refractivity contribution in [1.82, 2.24) is 5.32 Å². The van der Waals surface area contributed by atoms with E-state index in [1.165, 1.54) is 5.56 Å². The van der Waals surface area contributed by atoms with E-state index in [0.717, 1.165) is 36.1 Å². The molecule has 1 aliphatic heterocycles. The van der Waals surface area contributed by atoms with E-state index in [1.54, 1.807) is 0 Å². The second-order valence-corrected chi connectivity index (χ2v) is 7.73. The maximum absolute atomic E-state index is 11.5. The first-order chi connectivity index (χ1) is 12.4. The van der Waals surface area contributed by atoms with Gasteiger partial charge in [0.25, 0.3) is 0 Å². The molecule has 0 saturated carbocycles. The number of benzene rings is 2. The highest BCUT2D eigenvalue weighted by Gasteiger charge is 2.21. The smallest absolute Gasteiger partial charge is 0.224 e. The molecule has 1 atom stereocenters. The summed E-state index contributed by atoms with van der Waals surface area (Å²) in [4.78, 5) is 11.5. The van der Waals surface area contributed by atoms with Gasteiger partial charge >= 0.3 is 0 Å². The molecule has 0 bridgehead atoms. The Bertz CT molecular complexity index is 756. The number of aliphatic hydroxyl groups excluding tert-OH is 1. The summed E-state index contributed by atoms with van der Waals surface area (Å²) in [5.41, 5.74) is 4.14. The van der Waals surface area contributed by atoms with Crippen molar-refractivity contribution in [1.29, 1.82) is 0 Å². The standard InChI is InChI=1S/C22H28N2O2/c1-22(2,13-12-16-6-4-3-5-7-16)23-15-20(25)18-8-10-19-17(14-18)9-11-21(26)24-19/h3-8,10,14,20,23,25H,9,11-13,15H2,1-2H3,(H,24,26)/t20-/m0/s1. The zero-order valence-corrected chi connectivity index (χ0v) is 15.6. The summed E-state index contributed by atoms with van der Waals surface area (Å²) < 4.78 is 0. The van der Waals surface area contributed by atoms with Gasteiger partial charge in [-0.05, 0) is 55.9 Å². The van der Waals surface area contributed by atoms with Gasteiger partial charge in [-0.15, -0.1) is 0 Å². The van der Waals surface area contributed by atoms with Crippen LogP contribution in [0.1, 0.15) is 49.5 Å². The summed E-state index contributed by atoms with van der Waals surface area (Å²) in [6, 6.07) is 16.3. The van der Waals surface area contributed by atoms with Crippen LogP contribution in [0.15, 0.2) is 48.5 Å². The molecule has 4 nitrogen and oxygen atoms in total. The number of anilines is 1. The van der Waals surface area contributed by atoms with Crippen LogP contribution in [-0.4, -0.2) is 23.1 Å². The van der Waals surface area contributed by atoms with E-state index in [0.29, 0.717) is 13.0 Å². The Morgan fingerprint density at radius 1 is 1.15 bits per heavy atom. The average Bonchev–Trinajstić information content (AvgIpc) is 2.65. The number of aryl methyl sites for hydroxylation is 2. The molecule has 1 heterocycles. The number of hydrogen-bond acceptors (Lipinski definition) is 3. The molecule has 3 N–H and O–H groups in total. The minimum absolute atomic E-state index is 0.0565. The van der Waals surface area contributed by atoms with E-state index < -0.39 is 6.10 Å². The van der Waals surface area contributed by atoms with Crippen LogP contribution in [0, 0.1) is 0 Å². The molecule has 2 aromatic carbocycles. The van der Waals surface area contributed by atoms with Crippen LogP contribution in [0.2, 0.25) is 0 Å². The Morgan fingerprint density at radius 3 is 2.69 bits per heavy atom. The monoisotopic (exact) mass is 352 g/mol. The molecular formula is C22H28N2O2. The number of hydrogen-bond donors (Lipinski definition) is 3. The number of fused-ring (bicyclic) bond motifs is 1. The van der Waals surface area contributed by atoms with Gasteiger partial charge in [0.2, 0.25) is 5.91 Å². The Kier molecular flexibility index (Phi) is 5.74. The van der Waals surface area contributed by atoms with Crippen molar-refractivity contribution in [2.75, 3.05) is 11.9 Å². The predicted molar refractivity (Wildman–Crippen MR) is 105 cm³/mol. The Hall–Kier alpha value is -2.17. The molecule has 0 spiro atoms. The first-order valence-corrected chi connectivity index (χ1v) is 9.33. The molecule has 3 rings (SSSR count). The number of nitrogens with one attached hydrogen (secondary N) is 2. The molecule has 0 unspecified atom stereocenters. The number of amides is 1. The lowest BCUT2D eigenvalue weighted by molar-refractivity contribution is -0.116. The van der Waals surface area contributed by atoms with Crippen LogP contribution in [0.5, 0.6) is 0 Å². The highest BCUT2D eigenvalue weighted by molar-refractivity contribution is 5.93. The predicted octanol–water partition coefficient (Wildman–Crippen LogP) is 3.61. The fraction of sp³-hybridized carbons (Fsp3) is 0.409. The van der Waals surface area contributed by atoms with E-state index in [4.69, 9.17) is 0 Å². The highest BCUT2D eigenvalue weighted by atomic mass is 16.3. The Balaban J connectivity index is 1.54. The molecule has 4 heteroatoms. The van der Waals surface area contributed by atoms with Crippen molar-refractivity contribution in [3.63, 3.8) is 0 Å². The summed E-state index contributed by atoms with van der Waals surface area (Å²) in [5, 5.41) is 16.9. The fourth-order valence-electron chi connectivity index (χ4n) is 3.29. The first-order valence-electron chi connectivity index (χ1n) is 9.33. The van der Waals surface area contributed by atoms with Crippen molar-refractivity contribution >= 4 is 11.6 Å². The van der Waals surface area contributed by atoms with E-state index in [9.17, 15) is 9.90 Å². The van der Waals surface area contributed by atoms with Gasteiger partial charge in [-0.2, -0.15) is 0 Å². The molecule has 1 amide bonds. The van der Waals surface area contributed by atoms with Crippen LogP contribution in [0.4, 0.5) is 5.69 Å². The zero-order chi connectivity index (χ0) is 18.6. The largest absolute Gasteiger partial charge is 0.387 e. The van der Waals surface area contributed by atoms with Crippen LogP contribution in [0.25, 0.3) is 0 Å². The Labute approximate surface area is 155 Å². The third kappa shape index (κ3) is 4.93. The lowest BCUT2D eigenvalue weighted by atomic mass is 9.94. The lowest BCUT2D eigenvalue weighted by Gasteiger charge is -2.28. The quantitative estimate of drug-likeness (QED) is 0.713. The maximum atomic E-state index is 11.5. The van der Waals surface area contributed by atoms with Crippen molar-refractivity contribution in [3.8, 4) is 0 Å². The van der Waals surface area contributed by atoms with E-state index in [2.05, 4.69) is 48.7 Å². The normalized spacial score (nSPS) is 15.3. The van der Waals surface area contributed by atoms with Gasteiger partial charge in [0.15, 0.2) is 0 Å². The van der Waals surface area contributed by atoms with Gasteiger partial charge in [-0.1, -0.05) is 42.5 Å². The van der Waals surface area contributed by atoms with Crippen molar-refractivity contribution < 1.29 is 9.90 Å². The van der Waals surface area contributed by atoms with E-state index in [1.807, 2.05) is 24.3 Å². The van der Waals surface area contributed by atoms with Crippen molar-refractivity contribution in [3.05, 3.63) is 65.2 Å². The second-order valence-electron chi connectivity index (χ2n) is 7.73. The Morgan fingerprint density at radius 2 is 1.92 bits per heavy atom. The number of carbonyl (C=O) groups is 1. The summed E-state index contributed by atoms with van der Waals surface area (Å²) in [6.07, 6.45) is 2.69. The summed E-state index contributed by atoms with van der Waals surface area (Å²) in [7, 11) is 0. The van der Waals surface area contributed by atoms with Gasteiger partial charge in [0.05, 0.1) is 6.10 Å². The van der Waals surface area contributed by atoms with Crippen LogP contribution in [-0.2, 0) is 17.6 Å². The zero-order valence-electron chi connectivity index (χ0n) is 15.6. The second kappa shape index (κ2) is 8.02. The van der Waals surface area contributed by atoms with Gasteiger partial charge in [0, 0.05) is 24.2 Å². The summed E-state index contributed by atoms with van der Waals surface area (Å²) in [5.74, 6) is 0.0626. The third-order valence-corrected chi connectivity index (χ3v) is 5.07. The molecular weight excluding hydrogens is 324 g/mol.